The van der Waals surface area contributed by atoms with E-state index in [9.17, 15) is 0 Å². The SMILES string of the molecule is Cc1ccc(-n2[nH]cc(-c3nnn(Cc4ccc(C#N)cc4)n3)c2=S)cc1C. The quantitative estimate of drug-likeness (QED) is 0.539. The molecule has 0 fully saturated rings. The highest BCUT2D eigenvalue weighted by atomic mass is 32.1. The Kier molecular flexibility index (Phi) is 4.59. The second-order valence-electron chi connectivity index (χ2n) is 6.55. The first-order valence-electron chi connectivity index (χ1n) is 8.70. The third-order valence-corrected chi connectivity index (χ3v) is 5.02. The Balaban J connectivity index is 1.60. The van der Waals surface area contributed by atoms with E-state index in [4.69, 9.17) is 17.5 Å². The maximum atomic E-state index is 8.88. The van der Waals surface area contributed by atoms with Gasteiger partial charge in [0.25, 0.3) is 0 Å². The molecule has 0 atom stereocenters. The molecule has 0 amide bonds. The molecule has 0 bridgehead atoms. The number of nitrogens with zero attached hydrogens (tertiary/aromatic N) is 6. The van der Waals surface area contributed by atoms with Crippen LogP contribution < -0.4 is 0 Å². The molecule has 2 aromatic carbocycles. The summed E-state index contributed by atoms with van der Waals surface area (Å²) >= 11 is 5.62. The molecule has 0 unspecified atom stereocenters. The van der Waals surface area contributed by atoms with Gasteiger partial charge in [0.1, 0.15) is 4.64 Å². The first kappa shape index (κ1) is 17.8. The summed E-state index contributed by atoms with van der Waals surface area (Å²) in [6.45, 7) is 4.62. The third kappa shape index (κ3) is 3.35. The fourth-order valence-corrected chi connectivity index (χ4v) is 3.16. The number of aromatic nitrogens is 6. The molecule has 0 aliphatic heterocycles. The Hall–Kier alpha value is -3.57. The maximum Gasteiger partial charge on any atom is 0.209 e. The molecular formula is C20H17N7S. The summed E-state index contributed by atoms with van der Waals surface area (Å²) in [5.74, 6) is 0.470. The van der Waals surface area contributed by atoms with Crippen LogP contribution >= 0.6 is 12.2 Å². The van der Waals surface area contributed by atoms with Gasteiger partial charge in [-0.3, -0.25) is 5.10 Å². The largest absolute Gasteiger partial charge is 0.299 e. The van der Waals surface area contributed by atoms with Crippen molar-refractivity contribution in [3.05, 3.63) is 75.6 Å². The topological polar surface area (TPSA) is 88.1 Å². The van der Waals surface area contributed by atoms with Gasteiger partial charge in [-0.25, -0.2) is 4.68 Å². The van der Waals surface area contributed by atoms with E-state index in [-0.39, 0.29) is 0 Å². The van der Waals surface area contributed by atoms with Gasteiger partial charge < -0.3 is 0 Å². The summed E-state index contributed by atoms with van der Waals surface area (Å²) < 4.78 is 2.43. The molecule has 0 spiro atoms. The summed E-state index contributed by atoms with van der Waals surface area (Å²) in [5.41, 5.74) is 5.72. The van der Waals surface area contributed by atoms with Crippen LogP contribution in [-0.4, -0.2) is 30.0 Å². The van der Waals surface area contributed by atoms with Crippen LogP contribution in [0.25, 0.3) is 17.1 Å². The van der Waals surface area contributed by atoms with Gasteiger partial charge in [-0.1, -0.05) is 30.4 Å². The number of H-pyrrole nitrogens is 1. The number of nitrogens with one attached hydrogen (secondary N) is 1. The second kappa shape index (κ2) is 7.21. The van der Waals surface area contributed by atoms with Crippen molar-refractivity contribution in [2.24, 2.45) is 0 Å². The standard InChI is InChI=1S/C20H17N7S/c1-13-3-8-17(9-14(13)2)27-20(28)18(11-22-27)19-23-25-26(24-19)12-16-6-4-15(10-21)5-7-16/h3-9,11,22H,12H2,1-2H3. The van der Waals surface area contributed by atoms with Crippen LogP contribution in [0.15, 0.2) is 48.7 Å². The van der Waals surface area contributed by atoms with Gasteiger partial charge in [-0.2, -0.15) is 10.1 Å². The highest BCUT2D eigenvalue weighted by Gasteiger charge is 2.13. The zero-order valence-electron chi connectivity index (χ0n) is 15.4. The van der Waals surface area contributed by atoms with Gasteiger partial charge in [0, 0.05) is 6.20 Å². The lowest BCUT2D eigenvalue weighted by Crippen LogP contribution is -2.04. The zero-order valence-corrected chi connectivity index (χ0v) is 16.2. The zero-order chi connectivity index (χ0) is 19.7. The summed E-state index contributed by atoms with van der Waals surface area (Å²) in [6, 6.07) is 15.6. The van der Waals surface area contributed by atoms with Crippen molar-refractivity contribution in [2.45, 2.75) is 20.4 Å². The summed E-state index contributed by atoms with van der Waals surface area (Å²) in [4.78, 5) is 1.51. The van der Waals surface area contributed by atoms with Gasteiger partial charge >= 0.3 is 0 Å². The number of aryl methyl sites for hydroxylation is 2. The number of rotatable bonds is 4. The van der Waals surface area contributed by atoms with Crippen LogP contribution in [0.1, 0.15) is 22.3 Å². The number of hydrogen-bond acceptors (Lipinski definition) is 5. The fourth-order valence-electron chi connectivity index (χ4n) is 2.85. The van der Waals surface area contributed by atoms with Crippen molar-refractivity contribution >= 4 is 12.2 Å². The predicted molar refractivity (Wildman–Crippen MR) is 107 cm³/mol. The highest BCUT2D eigenvalue weighted by Crippen LogP contribution is 2.20. The number of aromatic amines is 1. The first-order chi connectivity index (χ1) is 13.5. The normalized spacial score (nSPS) is 10.8. The van der Waals surface area contributed by atoms with E-state index in [1.165, 1.54) is 15.9 Å². The molecule has 0 aliphatic rings. The fraction of sp³-hybridized carbons (Fsp3) is 0.150. The molecule has 2 aromatic heterocycles. The van der Waals surface area contributed by atoms with Crippen molar-refractivity contribution in [3.63, 3.8) is 0 Å². The lowest BCUT2D eigenvalue weighted by atomic mass is 10.1. The van der Waals surface area contributed by atoms with Crippen molar-refractivity contribution in [1.29, 1.82) is 5.26 Å². The Morgan fingerprint density at radius 2 is 1.89 bits per heavy atom. The molecule has 1 N–H and O–H groups in total. The van der Waals surface area contributed by atoms with Gasteiger partial charge in [-0.15, -0.1) is 10.2 Å². The minimum absolute atomic E-state index is 0.465. The van der Waals surface area contributed by atoms with Crippen LogP contribution in [0.2, 0.25) is 0 Å². The van der Waals surface area contributed by atoms with E-state index in [0.29, 0.717) is 22.6 Å². The maximum absolute atomic E-state index is 8.88. The highest BCUT2D eigenvalue weighted by molar-refractivity contribution is 7.71. The molecule has 0 radical (unpaired) electrons. The smallest absolute Gasteiger partial charge is 0.209 e. The molecule has 28 heavy (non-hydrogen) atoms. The van der Waals surface area contributed by atoms with E-state index in [0.717, 1.165) is 16.8 Å². The molecule has 0 saturated carbocycles. The monoisotopic (exact) mass is 387 g/mol. The van der Waals surface area contributed by atoms with E-state index in [1.54, 1.807) is 18.3 Å². The molecule has 0 saturated heterocycles. The Labute approximate surface area is 166 Å². The molecule has 4 aromatic rings. The van der Waals surface area contributed by atoms with Crippen LogP contribution in [0, 0.1) is 29.8 Å². The van der Waals surface area contributed by atoms with Crippen molar-refractivity contribution in [3.8, 4) is 23.1 Å². The average molecular weight is 387 g/mol. The van der Waals surface area contributed by atoms with E-state index in [1.807, 2.05) is 22.9 Å². The Morgan fingerprint density at radius 3 is 2.61 bits per heavy atom. The average Bonchev–Trinajstić information content (AvgIpc) is 3.31. The van der Waals surface area contributed by atoms with Crippen molar-refractivity contribution in [2.75, 3.05) is 0 Å². The lowest BCUT2D eigenvalue weighted by molar-refractivity contribution is 0.573. The van der Waals surface area contributed by atoms with Gasteiger partial charge in [0.05, 0.1) is 29.4 Å². The molecular weight excluding hydrogens is 370 g/mol. The Bertz CT molecular complexity index is 1240. The first-order valence-corrected chi connectivity index (χ1v) is 9.11. The van der Waals surface area contributed by atoms with Gasteiger partial charge in [0.15, 0.2) is 0 Å². The summed E-state index contributed by atoms with van der Waals surface area (Å²) in [6.07, 6.45) is 1.79. The number of benzene rings is 2. The molecule has 4 rings (SSSR count). The van der Waals surface area contributed by atoms with Crippen LogP contribution in [0.5, 0.6) is 0 Å². The van der Waals surface area contributed by atoms with E-state index >= 15 is 0 Å². The van der Waals surface area contributed by atoms with Crippen LogP contribution in [0.4, 0.5) is 0 Å². The summed E-state index contributed by atoms with van der Waals surface area (Å²) in [5, 5.41) is 24.8. The number of tetrazole rings is 1. The second-order valence-corrected chi connectivity index (χ2v) is 6.94. The minimum atomic E-state index is 0.465. The molecule has 2 heterocycles. The molecule has 8 heteroatoms. The minimum Gasteiger partial charge on any atom is -0.299 e. The van der Waals surface area contributed by atoms with Gasteiger partial charge in [0.2, 0.25) is 5.82 Å². The van der Waals surface area contributed by atoms with Crippen LogP contribution in [0.3, 0.4) is 0 Å². The molecule has 0 aliphatic carbocycles. The van der Waals surface area contributed by atoms with Crippen molar-refractivity contribution < 1.29 is 0 Å². The lowest BCUT2D eigenvalue weighted by Gasteiger charge is -2.06. The number of hydrogen-bond donors (Lipinski definition) is 1. The third-order valence-electron chi connectivity index (χ3n) is 4.62. The molecule has 7 nitrogen and oxygen atoms in total. The Morgan fingerprint density at radius 1 is 1.11 bits per heavy atom. The predicted octanol–water partition coefficient (Wildman–Crippen LogP) is 3.73. The summed E-state index contributed by atoms with van der Waals surface area (Å²) in [7, 11) is 0. The van der Waals surface area contributed by atoms with E-state index < -0.39 is 0 Å². The molecule has 138 valence electrons. The van der Waals surface area contributed by atoms with Crippen molar-refractivity contribution in [1.82, 2.24) is 30.0 Å². The van der Waals surface area contributed by atoms with E-state index in [2.05, 4.69) is 52.6 Å². The number of nitriles is 1. The van der Waals surface area contributed by atoms with Crippen LogP contribution in [-0.2, 0) is 6.54 Å². The van der Waals surface area contributed by atoms with Gasteiger partial charge in [-0.05, 0) is 60.0 Å².